The van der Waals surface area contributed by atoms with Gasteiger partial charge in [-0.2, -0.15) is 0 Å². The first-order valence-corrected chi connectivity index (χ1v) is 8.21. The van der Waals surface area contributed by atoms with Gasteiger partial charge in [0.1, 0.15) is 5.82 Å². The minimum atomic E-state index is -2.98. The quantitative estimate of drug-likeness (QED) is 0.894. The maximum absolute atomic E-state index is 14.1. The second-order valence-electron chi connectivity index (χ2n) is 4.99. The van der Waals surface area contributed by atoms with Crippen molar-refractivity contribution in [3.63, 3.8) is 0 Å². The summed E-state index contributed by atoms with van der Waals surface area (Å²) in [5.74, 6) is -0.0704. The summed E-state index contributed by atoms with van der Waals surface area (Å²) in [6, 6.07) is 4.70. The molecule has 1 atom stereocenters. The number of anilines is 1. The van der Waals surface area contributed by atoms with Crippen LogP contribution in [0.1, 0.15) is 24.9 Å². The van der Waals surface area contributed by atoms with Crippen LogP contribution in [0, 0.1) is 5.82 Å². The third-order valence-electron chi connectivity index (χ3n) is 3.39. The largest absolute Gasteiger partial charge is 0.368 e. The summed E-state index contributed by atoms with van der Waals surface area (Å²) in [6.07, 6.45) is 0.539. The van der Waals surface area contributed by atoms with Crippen LogP contribution in [-0.4, -0.2) is 33.0 Å². The molecule has 4 nitrogen and oxygen atoms in total. The molecule has 0 aliphatic carbocycles. The van der Waals surface area contributed by atoms with Crippen LogP contribution in [0.25, 0.3) is 0 Å². The molecule has 0 saturated carbocycles. The molecule has 0 aromatic heterocycles. The van der Waals surface area contributed by atoms with Crippen molar-refractivity contribution in [3.05, 3.63) is 29.6 Å². The molecular weight excluding hydrogens is 267 g/mol. The highest BCUT2D eigenvalue weighted by molar-refractivity contribution is 7.91. The predicted octanol–water partition coefficient (Wildman–Crippen LogP) is 1.47. The first kappa shape index (κ1) is 14.3. The molecule has 0 spiro atoms. The number of hydrogen-bond donors (Lipinski definition) is 1. The summed E-state index contributed by atoms with van der Waals surface area (Å²) in [5, 5.41) is 0. The minimum absolute atomic E-state index is 0.0848. The van der Waals surface area contributed by atoms with Crippen LogP contribution in [0.5, 0.6) is 0 Å². The molecule has 2 N–H and O–H groups in total. The van der Waals surface area contributed by atoms with Crippen LogP contribution in [-0.2, 0) is 9.84 Å². The van der Waals surface area contributed by atoms with Crippen LogP contribution in [0.2, 0.25) is 0 Å². The van der Waals surface area contributed by atoms with Crippen molar-refractivity contribution in [2.45, 2.75) is 19.4 Å². The van der Waals surface area contributed by atoms with Crippen molar-refractivity contribution in [3.8, 4) is 0 Å². The topological polar surface area (TPSA) is 63.4 Å². The minimum Gasteiger partial charge on any atom is -0.368 e. The van der Waals surface area contributed by atoms with E-state index in [0.717, 1.165) is 5.56 Å². The molecule has 1 saturated heterocycles. The van der Waals surface area contributed by atoms with E-state index >= 15 is 0 Å². The van der Waals surface area contributed by atoms with E-state index in [9.17, 15) is 12.8 Å². The van der Waals surface area contributed by atoms with Crippen LogP contribution in [0.3, 0.4) is 0 Å². The fourth-order valence-electron chi connectivity index (χ4n) is 2.24. The highest BCUT2D eigenvalue weighted by Gasteiger charge is 2.21. The first-order valence-electron chi connectivity index (χ1n) is 6.39. The lowest BCUT2D eigenvalue weighted by Crippen LogP contribution is -2.27. The first-order chi connectivity index (χ1) is 8.89. The Hall–Kier alpha value is -1.14. The van der Waals surface area contributed by atoms with Gasteiger partial charge in [0.2, 0.25) is 0 Å². The van der Waals surface area contributed by atoms with E-state index < -0.39 is 9.84 Å². The van der Waals surface area contributed by atoms with Gasteiger partial charge in [0.05, 0.1) is 17.2 Å². The molecule has 19 heavy (non-hydrogen) atoms. The van der Waals surface area contributed by atoms with Crippen molar-refractivity contribution in [2.24, 2.45) is 5.73 Å². The Morgan fingerprint density at radius 3 is 2.68 bits per heavy atom. The van der Waals surface area contributed by atoms with Crippen molar-refractivity contribution >= 4 is 15.5 Å². The molecule has 6 heteroatoms. The van der Waals surface area contributed by atoms with Gasteiger partial charge >= 0.3 is 0 Å². The van der Waals surface area contributed by atoms with Gasteiger partial charge in [-0.1, -0.05) is 6.07 Å². The van der Waals surface area contributed by atoms with Gasteiger partial charge in [0, 0.05) is 19.1 Å². The fourth-order valence-corrected chi connectivity index (χ4v) is 3.51. The van der Waals surface area contributed by atoms with Gasteiger partial charge < -0.3 is 10.6 Å². The standard InChI is InChI=1S/C13H19FN2O2S/c1-10(15)11-3-4-13(12(14)9-11)16-5-2-7-19(17,18)8-6-16/h3-4,9-10H,2,5-8,15H2,1H3/t10-/m1/s1. The molecule has 1 aliphatic rings. The summed E-state index contributed by atoms with van der Waals surface area (Å²) in [4.78, 5) is 1.80. The maximum atomic E-state index is 14.1. The fraction of sp³-hybridized carbons (Fsp3) is 0.538. The Kier molecular flexibility index (Phi) is 4.10. The zero-order valence-electron chi connectivity index (χ0n) is 11.0. The highest BCUT2D eigenvalue weighted by atomic mass is 32.2. The molecule has 2 rings (SSSR count). The average molecular weight is 286 g/mol. The lowest BCUT2D eigenvalue weighted by molar-refractivity contribution is 0.596. The number of sulfone groups is 1. The number of nitrogens with zero attached hydrogens (tertiary/aromatic N) is 1. The Morgan fingerprint density at radius 2 is 2.05 bits per heavy atom. The summed E-state index contributed by atoms with van der Waals surface area (Å²) in [5.41, 5.74) is 6.91. The van der Waals surface area contributed by atoms with E-state index in [1.165, 1.54) is 6.07 Å². The Balaban J connectivity index is 2.22. The highest BCUT2D eigenvalue weighted by Crippen LogP contribution is 2.24. The van der Waals surface area contributed by atoms with Crippen molar-refractivity contribution in [1.82, 2.24) is 0 Å². The lowest BCUT2D eigenvalue weighted by atomic mass is 10.1. The summed E-state index contributed by atoms with van der Waals surface area (Å²) in [6.45, 7) is 2.71. The molecule has 106 valence electrons. The monoisotopic (exact) mass is 286 g/mol. The van der Waals surface area contributed by atoms with E-state index in [0.29, 0.717) is 25.2 Å². The molecule has 1 heterocycles. The van der Waals surface area contributed by atoms with E-state index in [1.54, 1.807) is 24.0 Å². The lowest BCUT2D eigenvalue weighted by Gasteiger charge is -2.23. The molecule has 0 amide bonds. The molecule has 0 bridgehead atoms. The van der Waals surface area contributed by atoms with Gasteiger partial charge in [0.25, 0.3) is 0 Å². The van der Waals surface area contributed by atoms with E-state index in [2.05, 4.69) is 0 Å². The molecule has 1 aromatic carbocycles. The third kappa shape index (κ3) is 3.45. The van der Waals surface area contributed by atoms with Gasteiger partial charge in [-0.05, 0) is 31.0 Å². The zero-order valence-corrected chi connectivity index (χ0v) is 11.8. The zero-order chi connectivity index (χ0) is 14.0. The average Bonchev–Trinajstić information content (AvgIpc) is 2.50. The van der Waals surface area contributed by atoms with Crippen LogP contribution < -0.4 is 10.6 Å². The number of rotatable bonds is 2. The van der Waals surface area contributed by atoms with E-state index in [-0.39, 0.29) is 23.4 Å². The molecule has 1 fully saturated rings. The second kappa shape index (κ2) is 5.46. The molecular formula is C13H19FN2O2S. The number of halogens is 1. The summed E-state index contributed by atoms with van der Waals surface area (Å²) < 4.78 is 37.2. The molecule has 0 radical (unpaired) electrons. The maximum Gasteiger partial charge on any atom is 0.152 e. The van der Waals surface area contributed by atoms with E-state index in [4.69, 9.17) is 5.73 Å². The van der Waals surface area contributed by atoms with Crippen LogP contribution in [0.4, 0.5) is 10.1 Å². The third-order valence-corrected chi connectivity index (χ3v) is 5.11. The molecule has 1 aromatic rings. The van der Waals surface area contributed by atoms with E-state index in [1.807, 2.05) is 0 Å². The van der Waals surface area contributed by atoms with Crippen molar-refractivity contribution in [2.75, 3.05) is 29.5 Å². The molecule has 0 unspecified atom stereocenters. The predicted molar refractivity (Wildman–Crippen MR) is 74.5 cm³/mol. The number of hydrogen-bond acceptors (Lipinski definition) is 4. The smallest absolute Gasteiger partial charge is 0.152 e. The van der Waals surface area contributed by atoms with Gasteiger partial charge in [-0.15, -0.1) is 0 Å². The number of nitrogens with two attached hydrogens (primary N) is 1. The summed E-state index contributed by atoms with van der Waals surface area (Å²) in [7, 11) is -2.98. The Morgan fingerprint density at radius 1 is 1.32 bits per heavy atom. The van der Waals surface area contributed by atoms with Gasteiger partial charge in [-0.3, -0.25) is 0 Å². The SMILES string of the molecule is C[C@@H](N)c1ccc(N2CCCS(=O)(=O)CC2)c(F)c1. The van der Waals surface area contributed by atoms with Crippen molar-refractivity contribution in [1.29, 1.82) is 0 Å². The second-order valence-corrected chi connectivity index (χ2v) is 7.30. The van der Waals surface area contributed by atoms with Gasteiger partial charge in [-0.25, -0.2) is 12.8 Å². The van der Waals surface area contributed by atoms with Crippen LogP contribution >= 0.6 is 0 Å². The molecule has 1 aliphatic heterocycles. The summed E-state index contributed by atoms with van der Waals surface area (Å²) >= 11 is 0. The normalized spacial score (nSPS) is 20.9. The Labute approximate surface area is 113 Å². The van der Waals surface area contributed by atoms with Crippen molar-refractivity contribution < 1.29 is 12.8 Å². The Bertz CT molecular complexity index is 558. The van der Waals surface area contributed by atoms with Gasteiger partial charge in [0.15, 0.2) is 9.84 Å². The number of benzene rings is 1. The van der Waals surface area contributed by atoms with Crippen LogP contribution in [0.15, 0.2) is 18.2 Å².